The van der Waals surface area contributed by atoms with Crippen molar-refractivity contribution in [3.63, 3.8) is 0 Å². The molecule has 0 amide bonds. The first-order chi connectivity index (χ1) is 8.49. The van der Waals surface area contributed by atoms with Crippen LogP contribution in [0.3, 0.4) is 0 Å². The van der Waals surface area contributed by atoms with Gasteiger partial charge in [0.2, 0.25) is 0 Å². The molecule has 0 aliphatic heterocycles. The largest absolute Gasteiger partial charge is 0.323 e. The molecular formula is C14H21N3S. The van der Waals surface area contributed by atoms with Crippen LogP contribution < -0.4 is 5.73 Å². The summed E-state index contributed by atoms with van der Waals surface area (Å²) in [6, 6.07) is 6.83. The lowest BCUT2D eigenvalue weighted by Gasteiger charge is -2.12. The highest BCUT2D eigenvalue weighted by Crippen LogP contribution is 2.32. The number of hydrogen-bond donors (Lipinski definition) is 1. The van der Waals surface area contributed by atoms with E-state index in [0.717, 1.165) is 5.69 Å². The Morgan fingerprint density at radius 3 is 2.44 bits per heavy atom. The van der Waals surface area contributed by atoms with Gasteiger partial charge in [0.1, 0.15) is 5.69 Å². The summed E-state index contributed by atoms with van der Waals surface area (Å²) in [5.74, 6) is 0.463. The third-order valence-electron chi connectivity index (χ3n) is 3.06. The smallest absolute Gasteiger partial charge is 0.102 e. The van der Waals surface area contributed by atoms with Gasteiger partial charge in [0.25, 0.3) is 0 Å². The van der Waals surface area contributed by atoms with Crippen LogP contribution in [0, 0.1) is 5.92 Å². The maximum Gasteiger partial charge on any atom is 0.102 e. The van der Waals surface area contributed by atoms with E-state index in [9.17, 15) is 0 Å². The summed E-state index contributed by atoms with van der Waals surface area (Å²) < 4.78 is 1.98. The standard InChI is InChI=1S/C14H21N3S/c1-9(2)14(15)13-6-5-12(18-13)11-7-8-17(16-11)10(3)4/h5-10,14H,15H2,1-4H3. The molecule has 0 fully saturated rings. The summed E-state index contributed by atoms with van der Waals surface area (Å²) in [5.41, 5.74) is 7.21. The third kappa shape index (κ3) is 2.65. The Balaban J connectivity index is 2.23. The maximum atomic E-state index is 6.17. The van der Waals surface area contributed by atoms with E-state index in [1.807, 2.05) is 10.9 Å². The molecule has 2 N–H and O–H groups in total. The molecular weight excluding hydrogens is 242 g/mol. The van der Waals surface area contributed by atoms with Gasteiger partial charge >= 0.3 is 0 Å². The van der Waals surface area contributed by atoms with Crippen molar-refractivity contribution < 1.29 is 0 Å². The summed E-state index contributed by atoms with van der Waals surface area (Å²) in [6.45, 7) is 8.56. The van der Waals surface area contributed by atoms with Crippen LogP contribution in [0.25, 0.3) is 10.6 Å². The van der Waals surface area contributed by atoms with Crippen LogP contribution in [-0.2, 0) is 0 Å². The van der Waals surface area contributed by atoms with Gasteiger partial charge in [-0.25, -0.2) is 0 Å². The van der Waals surface area contributed by atoms with Gasteiger partial charge in [0, 0.05) is 23.2 Å². The average Bonchev–Trinajstić information content (AvgIpc) is 2.96. The van der Waals surface area contributed by atoms with E-state index < -0.39 is 0 Å². The SMILES string of the molecule is CC(C)C(N)c1ccc(-c2ccn(C(C)C)n2)s1. The molecule has 2 aromatic heterocycles. The normalized spacial score (nSPS) is 13.5. The lowest BCUT2D eigenvalue weighted by atomic mass is 10.0. The van der Waals surface area contributed by atoms with Gasteiger partial charge in [0.05, 0.1) is 4.88 Å². The molecule has 3 nitrogen and oxygen atoms in total. The number of aromatic nitrogens is 2. The van der Waals surface area contributed by atoms with Crippen molar-refractivity contribution in [2.45, 2.75) is 39.8 Å². The Morgan fingerprint density at radius 1 is 1.17 bits per heavy atom. The quantitative estimate of drug-likeness (QED) is 0.910. The predicted molar refractivity (Wildman–Crippen MR) is 77.7 cm³/mol. The van der Waals surface area contributed by atoms with E-state index in [4.69, 9.17) is 5.73 Å². The molecule has 0 spiro atoms. The van der Waals surface area contributed by atoms with Crippen molar-refractivity contribution in [3.05, 3.63) is 29.3 Å². The van der Waals surface area contributed by atoms with E-state index in [1.54, 1.807) is 11.3 Å². The fraction of sp³-hybridized carbons (Fsp3) is 0.500. The molecule has 4 heteroatoms. The van der Waals surface area contributed by atoms with Crippen LogP contribution in [0.15, 0.2) is 24.4 Å². The van der Waals surface area contributed by atoms with Crippen molar-refractivity contribution in [1.29, 1.82) is 0 Å². The van der Waals surface area contributed by atoms with Crippen LogP contribution in [0.4, 0.5) is 0 Å². The molecule has 0 saturated carbocycles. The minimum Gasteiger partial charge on any atom is -0.323 e. The highest BCUT2D eigenvalue weighted by atomic mass is 32.1. The fourth-order valence-electron chi connectivity index (χ4n) is 1.76. The Morgan fingerprint density at radius 2 is 1.89 bits per heavy atom. The second-order valence-corrected chi connectivity index (χ2v) is 6.36. The second-order valence-electron chi connectivity index (χ2n) is 5.25. The molecule has 0 aliphatic rings. The summed E-state index contributed by atoms with van der Waals surface area (Å²) in [5, 5.41) is 4.58. The molecule has 0 saturated heterocycles. The second kappa shape index (κ2) is 5.24. The summed E-state index contributed by atoms with van der Waals surface area (Å²) in [4.78, 5) is 2.43. The zero-order valence-electron chi connectivity index (χ0n) is 11.4. The molecule has 0 aliphatic carbocycles. The van der Waals surface area contributed by atoms with Gasteiger partial charge in [-0.3, -0.25) is 4.68 Å². The van der Waals surface area contributed by atoms with Gasteiger partial charge in [0.15, 0.2) is 0 Å². The molecule has 0 aromatic carbocycles. The zero-order valence-corrected chi connectivity index (χ0v) is 12.2. The van der Waals surface area contributed by atoms with E-state index in [1.165, 1.54) is 9.75 Å². The number of thiophene rings is 1. The van der Waals surface area contributed by atoms with Gasteiger partial charge < -0.3 is 5.73 Å². The fourth-order valence-corrected chi connectivity index (χ4v) is 2.90. The van der Waals surface area contributed by atoms with Gasteiger partial charge in [-0.05, 0) is 38.0 Å². The summed E-state index contributed by atoms with van der Waals surface area (Å²) in [7, 11) is 0. The third-order valence-corrected chi connectivity index (χ3v) is 4.27. The first-order valence-corrected chi connectivity index (χ1v) is 7.21. The molecule has 18 heavy (non-hydrogen) atoms. The molecule has 1 atom stereocenters. The molecule has 1 unspecified atom stereocenters. The van der Waals surface area contributed by atoms with E-state index in [-0.39, 0.29) is 6.04 Å². The van der Waals surface area contributed by atoms with Crippen molar-refractivity contribution in [3.8, 4) is 10.6 Å². The van der Waals surface area contributed by atoms with Gasteiger partial charge in [-0.2, -0.15) is 5.10 Å². The lowest BCUT2D eigenvalue weighted by molar-refractivity contribution is 0.521. The first-order valence-electron chi connectivity index (χ1n) is 6.40. The summed E-state index contributed by atoms with van der Waals surface area (Å²) in [6.07, 6.45) is 2.03. The first kappa shape index (κ1) is 13.3. The minimum atomic E-state index is 0.121. The average molecular weight is 263 g/mol. The van der Waals surface area contributed by atoms with E-state index in [2.05, 4.69) is 51.0 Å². The molecule has 0 bridgehead atoms. The van der Waals surface area contributed by atoms with Crippen molar-refractivity contribution in [1.82, 2.24) is 9.78 Å². The van der Waals surface area contributed by atoms with E-state index in [0.29, 0.717) is 12.0 Å². The monoisotopic (exact) mass is 263 g/mol. The highest BCUT2D eigenvalue weighted by molar-refractivity contribution is 7.15. The van der Waals surface area contributed by atoms with E-state index >= 15 is 0 Å². The van der Waals surface area contributed by atoms with Crippen molar-refractivity contribution in [2.24, 2.45) is 11.7 Å². The minimum absolute atomic E-state index is 0.121. The number of nitrogens with zero attached hydrogens (tertiary/aromatic N) is 2. The Hall–Kier alpha value is -1.13. The van der Waals surface area contributed by atoms with Crippen LogP contribution in [-0.4, -0.2) is 9.78 Å². The van der Waals surface area contributed by atoms with Crippen molar-refractivity contribution in [2.75, 3.05) is 0 Å². The van der Waals surface area contributed by atoms with Crippen LogP contribution in [0.1, 0.15) is 44.7 Å². The molecule has 2 rings (SSSR count). The maximum absolute atomic E-state index is 6.17. The number of rotatable bonds is 4. The Labute approximate surface area is 113 Å². The summed E-state index contributed by atoms with van der Waals surface area (Å²) >= 11 is 1.75. The Bertz CT molecular complexity index is 511. The number of nitrogens with two attached hydrogens (primary N) is 1. The Kier molecular flexibility index (Phi) is 3.88. The topological polar surface area (TPSA) is 43.8 Å². The number of hydrogen-bond acceptors (Lipinski definition) is 3. The molecule has 2 aromatic rings. The van der Waals surface area contributed by atoms with Gasteiger partial charge in [-0.1, -0.05) is 13.8 Å². The van der Waals surface area contributed by atoms with Gasteiger partial charge in [-0.15, -0.1) is 11.3 Å². The zero-order chi connectivity index (χ0) is 13.3. The molecule has 98 valence electrons. The molecule has 2 heterocycles. The predicted octanol–water partition coefficient (Wildman–Crippen LogP) is 3.85. The van der Waals surface area contributed by atoms with Crippen LogP contribution >= 0.6 is 11.3 Å². The molecule has 0 radical (unpaired) electrons. The van der Waals surface area contributed by atoms with Crippen molar-refractivity contribution >= 4 is 11.3 Å². The van der Waals surface area contributed by atoms with Crippen LogP contribution in [0.2, 0.25) is 0 Å². The lowest BCUT2D eigenvalue weighted by Crippen LogP contribution is -2.14. The highest BCUT2D eigenvalue weighted by Gasteiger charge is 2.14. The van der Waals surface area contributed by atoms with Crippen LogP contribution in [0.5, 0.6) is 0 Å².